The summed E-state index contributed by atoms with van der Waals surface area (Å²) in [5, 5.41) is 0. The summed E-state index contributed by atoms with van der Waals surface area (Å²) in [4.78, 5) is 0. The monoisotopic (exact) mass is 198 g/mol. The van der Waals surface area contributed by atoms with Gasteiger partial charge in [-0.2, -0.15) is 13.1 Å². The van der Waals surface area contributed by atoms with Gasteiger partial charge < -0.3 is 0 Å². The van der Waals surface area contributed by atoms with E-state index in [1.807, 2.05) is 30.3 Å². The third-order valence-electron chi connectivity index (χ3n) is 1.98. The van der Waals surface area contributed by atoms with E-state index < -0.39 is 10.2 Å². The van der Waals surface area contributed by atoms with Crippen molar-refractivity contribution >= 4 is 10.2 Å². The van der Waals surface area contributed by atoms with E-state index in [9.17, 15) is 8.42 Å². The Balaban J connectivity index is 2.22. The van der Waals surface area contributed by atoms with E-state index in [4.69, 9.17) is 0 Å². The smallest absolute Gasteiger partial charge is 0.200 e. The van der Waals surface area contributed by atoms with E-state index in [-0.39, 0.29) is 6.04 Å². The Morgan fingerprint density at radius 2 is 1.92 bits per heavy atom. The molecule has 0 saturated carbocycles. The minimum absolute atomic E-state index is 0.133. The van der Waals surface area contributed by atoms with Crippen molar-refractivity contribution in [3.63, 3.8) is 0 Å². The molecule has 13 heavy (non-hydrogen) atoms. The molecule has 1 heterocycles. The molecule has 1 atom stereocenters. The Hall–Kier alpha value is -0.910. The van der Waals surface area contributed by atoms with Gasteiger partial charge in [0.1, 0.15) is 0 Å². The first-order valence-electron chi connectivity index (χ1n) is 3.99. The van der Waals surface area contributed by atoms with Gasteiger partial charge in [-0.05, 0) is 5.56 Å². The van der Waals surface area contributed by atoms with Crippen LogP contribution >= 0.6 is 0 Å². The third-order valence-corrected chi connectivity index (χ3v) is 3.12. The molecule has 1 fully saturated rings. The number of nitrogens with one attached hydrogen (secondary N) is 2. The maximum atomic E-state index is 11.0. The highest BCUT2D eigenvalue weighted by Gasteiger charge is 2.26. The van der Waals surface area contributed by atoms with Crippen LogP contribution in [0.15, 0.2) is 30.3 Å². The van der Waals surface area contributed by atoms with Crippen molar-refractivity contribution in [2.75, 3.05) is 6.54 Å². The zero-order valence-corrected chi connectivity index (χ0v) is 7.71. The van der Waals surface area contributed by atoms with Gasteiger partial charge in [0.25, 0.3) is 10.2 Å². The molecule has 1 aromatic carbocycles. The molecule has 0 aliphatic carbocycles. The zero-order chi connectivity index (χ0) is 9.31. The average Bonchev–Trinajstić information content (AvgIpc) is 2.48. The Bertz CT molecular complexity index is 388. The standard InChI is InChI=1S/C8H10N2O2S/c11-13(12)9-6-8(10-13)7-4-2-1-3-5-7/h1-5,8-10H,6H2/t8-/m1/s1. The molecule has 1 aromatic rings. The fourth-order valence-corrected chi connectivity index (χ4v) is 2.40. The molecule has 0 bridgehead atoms. The van der Waals surface area contributed by atoms with Crippen molar-refractivity contribution in [3.05, 3.63) is 35.9 Å². The number of hydrogen-bond donors (Lipinski definition) is 2. The Morgan fingerprint density at radius 1 is 1.23 bits per heavy atom. The van der Waals surface area contributed by atoms with Crippen LogP contribution in [0.1, 0.15) is 11.6 Å². The Kier molecular flexibility index (Phi) is 2.07. The van der Waals surface area contributed by atoms with Gasteiger partial charge in [0, 0.05) is 6.54 Å². The van der Waals surface area contributed by atoms with Crippen molar-refractivity contribution in [2.45, 2.75) is 6.04 Å². The van der Waals surface area contributed by atoms with Crippen molar-refractivity contribution in [2.24, 2.45) is 0 Å². The van der Waals surface area contributed by atoms with Gasteiger partial charge in [-0.15, -0.1) is 0 Å². The van der Waals surface area contributed by atoms with Crippen LogP contribution in [0.25, 0.3) is 0 Å². The van der Waals surface area contributed by atoms with Gasteiger partial charge in [0.05, 0.1) is 6.04 Å². The molecule has 5 heteroatoms. The fraction of sp³-hybridized carbons (Fsp3) is 0.250. The maximum Gasteiger partial charge on any atom is 0.277 e. The third kappa shape index (κ3) is 1.88. The molecule has 1 saturated heterocycles. The minimum Gasteiger partial charge on any atom is -0.200 e. The SMILES string of the molecule is O=S1(=O)NC[C@H](c2ccccc2)N1. The lowest BCUT2D eigenvalue weighted by Crippen LogP contribution is -2.23. The van der Waals surface area contributed by atoms with Gasteiger partial charge >= 0.3 is 0 Å². The topological polar surface area (TPSA) is 58.2 Å². The van der Waals surface area contributed by atoms with Gasteiger partial charge in [-0.3, -0.25) is 0 Å². The summed E-state index contributed by atoms with van der Waals surface area (Å²) in [5.74, 6) is 0. The van der Waals surface area contributed by atoms with Crippen LogP contribution in [0, 0.1) is 0 Å². The van der Waals surface area contributed by atoms with E-state index >= 15 is 0 Å². The quantitative estimate of drug-likeness (QED) is 0.675. The number of rotatable bonds is 1. The van der Waals surface area contributed by atoms with Gasteiger partial charge in [-0.1, -0.05) is 30.3 Å². The molecule has 4 nitrogen and oxygen atoms in total. The fourth-order valence-electron chi connectivity index (χ4n) is 1.33. The van der Waals surface area contributed by atoms with Crippen LogP contribution in [0.2, 0.25) is 0 Å². The second-order valence-electron chi connectivity index (χ2n) is 2.93. The minimum atomic E-state index is -3.24. The van der Waals surface area contributed by atoms with E-state index in [2.05, 4.69) is 9.44 Å². The number of benzene rings is 1. The Morgan fingerprint density at radius 3 is 2.46 bits per heavy atom. The summed E-state index contributed by atoms with van der Waals surface area (Å²) in [6, 6.07) is 9.36. The van der Waals surface area contributed by atoms with E-state index in [1.54, 1.807) is 0 Å². The molecule has 0 amide bonds. The predicted molar refractivity (Wildman–Crippen MR) is 49.2 cm³/mol. The van der Waals surface area contributed by atoms with E-state index in [0.29, 0.717) is 6.54 Å². The highest BCUT2D eigenvalue weighted by Crippen LogP contribution is 2.15. The predicted octanol–water partition coefficient (Wildman–Crippen LogP) is 0.165. The highest BCUT2D eigenvalue weighted by atomic mass is 32.2. The molecule has 0 aromatic heterocycles. The van der Waals surface area contributed by atoms with Crippen molar-refractivity contribution in [1.82, 2.24) is 9.44 Å². The lowest BCUT2D eigenvalue weighted by Gasteiger charge is -2.06. The molecule has 1 aliphatic heterocycles. The van der Waals surface area contributed by atoms with Crippen LogP contribution in [0.3, 0.4) is 0 Å². The molecule has 70 valence electrons. The molecular weight excluding hydrogens is 188 g/mol. The van der Waals surface area contributed by atoms with Crippen molar-refractivity contribution in [1.29, 1.82) is 0 Å². The first-order valence-corrected chi connectivity index (χ1v) is 5.47. The zero-order valence-electron chi connectivity index (χ0n) is 6.90. The van der Waals surface area contributed by atoms with E-state index in [0.717, 1.165) is 5.56 Å². The first-order chi connectivity index (χ1) is 6.17. The molecule has 2 rings (SSSR count). The maximum absolute atomic E-state index is 11.0. The lowest BCUT2D eigenvalue weighted by atomic mass is 10.1. The molecule has 0 unspecified atom stereocenters. The van der Waals surface area contributed by atoms with Crippen LogP contribution in [-0.4, -0.2) is 15.0 Å². The molecular formula is C8H10N2O2S. The van der Waals surface area contributed by atoms with Gasteiger partial charge in [-0.25, -0.2) is 4.72 Å². The molecule has 0 spiro atoms. The van der Waals surface area contributed by atoms with Crippen molar-refractivity contribution in [3.8, 4) is 0 Å². The highest BCUT2D eigenvalue weighted by molar-refractivity contribution is 7.87. The molecule has 1 aliphatic rings. The van der Waals surface area contributed by atoms with Crippen LogP contribution in [0.5, 0.6) is 0 Å². The second kappa shape index (κ2) is 3.10. The summed E-state index contributed by atoms with van der Waals surface area (Å²) in [7, 11) is -3.24. The molecule has 2 N–H and O–H groups in total. The summed E-state index contributed by atoms with van der Waals surface area (Å²) >= 11 is 0. The lowest BCUT2D eigenvalue weighted by molar-refractivity contribution is 0.583. The average molecular weight is 198 g/mol. The van der Waals surface area contributed by atoms with Crippen molar-refractivity contribution < 1.29 is 8.42 Å². The largest absolute Gasteiger partial charge is 0.277 e. The number of hydrogen-bond acceptors (Lipinski definition) is 2. The first kappa shape index (κ1) is 8.68. The summed E-state index contributed by atoms with van der Waals surface area (Å²) in [6.45, 7) is 0.423. The Labute approximate surface area is 77.2 Å². The van der Waals surface area contributed by atoms with Crippen LogP contribution in [-0.2, 0) is 10.2 Å². The summed E-state index contributed by atoms with van der Waals surface area (Å²) in [5.41, 5.74) is 0.982. The van der Waals surface area contributed by atoms with E-state index in [1.165, 1.54) is 0 Å². The normalized spacial score (nSPS) is 26.0. The van der Waals surface area contributed by atoms with Crippen LogP contribution < -0.4 is 9.44 Å². The second-order valence-corrected chi connectivity index (χ2v) is 4.46. The summed E-state index contributed by atoms with van der Waals surface area (Å²) < 4.78 is 26.9. The summed E-state index contributed by atoms with van der Waals surface area (Å²) in [6.07, 6.45) is 0. The molecule has 0 radical (unpaired) electrons. The van der Waals surface area contributed by atoms with Gasteiger partial charge in [0.15, 0.2) is 0 Å². The van der Waals surface area contributed by atoms with Gasteiger partial charge in [0.2, 0.25) is 0 Å². The van der Waals surface area contributed by atoms with Crippen LogP contribution in [0.4, 0.5) is 0 Å².